The number of nitrogens with zero attached hydrogens (tertiary/aromatic N) is 5. The molecule has 28 heavy (non-hydrogen) atoms. The Hall–Kier alpha value is -3.14. The van der Waals surface area contributed by atoms with Crippen LogP contribution in [-0.4, -0.2) is 35.5 Å². The van der Waals surface area contributed by atoms with E-state index in [-0.39, 0.29) is 12.5 Å². The number of benzene rings is 1. The zero-order valence-corrected chi connectivity index (χ0v) is 16.9. The van der Waals surface area contributed by atoms with Gasteiger partial charge in [0.1, 0.15) is 18.1 Å². The molecule has 1 aliphatic heterocycles. The van der Waals surface area contributed by atoms with Gasteiger partial charge in [0.2, 0.25) is 5.91 Å². The lowest BCUT2D eigenvalue weighted by Gasteiger charge is -2.34. The second kappa shape index (κ2) is 8.26. The van der Waals surface area contributed by atoms with Crippen LogP contribution in [0.5, 0.6) is 0 Å². The number of unbranched alkanes of at least 4 members (excludes halogenated alkanes) is 1. The van der Waals surface area contributed by atoms with E-state index in [1.165, 1.54) is 0 Å². The minimum atomic E-state index is -0.100. The van der Waals surface area contributed by atoms with Gasteiger partial charge in [0.25, 0.3) is 0 Å². The Kier molecular flexibility index (Phi) is 5.78. The highest BCUT2D eigenvalue weighted by Gasteiger charge is 2.30. The fraction of sp³-hybridized carbons (Fsp3) is 0.429. The Morgan fingerprint density at radius 2 is 2.07 bits per heavy atom. The Morgan fingerprint density at radius 1 is 1.29 bits per heavy atom. The number of carbonyl (C=O) groups is 1. The molecule has 1 N–H and O–H groups in total. The summed E-state index contributed by atoms with van der Waals surface area (Å²) in [6, 6.07) is 7.63. The summed E-state index contributed by atoms with van der Waals surface area (Å²) in [6.45, 7) is 9.92. The molecule has 0 fully saturated rings. The number of fused-ring (bicyclic) bond motifs is 1. The molecule has 0 atom stereocenters. The number of nitrogens with one attached hydrogen (secondary N) is 1. The summed E-state index contributed by atoms with van der Waals surface area (Å²) in [5.41, 5.74) is 3.05. The zero-order chi connectivity index (χ0) is 20.3. The van der Waals surface area contributed by atoms with E-state index >= 15 is 0 Å². The minimum absolute atomic E-state index is 0.100. The van der Waals surface area contributed by atoms with Crippen LogP contribution in [0.2, 0.25) is 0 Å². The van der Waals surface area contributed by atoms with Crippen LogP contribution in [0.4, 0.5) is 23.0 Å². The highest BCUT2D eigenvalue weighted by atomic mass is 16.2. The lowest BCUT2D eigenvalue weighted by Crippen LogP contribution is -2.38. The van der Waals surface area contributed by atoms with Crippen LogP contribution >= 0.6 is 0 Å². The first-order valence-electron chi connectivity index (χ1n) is 9.70. The predicted molar refractivity (Wildman–Crippen MR) is 111 cm³/mol. The van der Waals surface area contributed by atoms with Crippen molar-refractivity contribution >= 4 is 28.9 Å². The highest BCUT2D eigenvalue weighted by molar-refractivity contribution is 6.05. The van der Waals surface area contributed by atoms with Crippen molar-refractivity contribution in [1.82, 2.24) is 9.97 Å². The summed E-state index contributed by atoms with van der Waals surface area (Å²) in [5.74, 6) is 2.03. The van der Waals surface area contributed by atoms with Gasteiger partial charge in [-0.15, -0.1) is 0 Å². The maximum Gasteiger partial charge on any atom is 0.244 e. The number of aromatic nitrogens is 2. The third kappa shape index (κ3) is 3.77. The van der Waals surface area contributed by atoms with Crippen molar-refractivity contribution in [2.45, 2.75) is 40.5 Å². The van der Waals surface area contributed by atoms with Gasteiger partial charge in [-0.2, -0.15) is 5.26 Å². The van der Waals surface area contributed by atoms with E-state index in [0.29, 0.717) is 22.9 Å². The Morgan fingerprint density at radius 3 is 2.71 bits per heavy atom. The number of hydrogen-bond acceptors (Lipinski definition) is 6. The second-order valence-electron chi connectivity index (χ2n) is 6.97. The third-order valence-corrected chi connectivity index (χ3v) is 4.88. The summed E-state index contributed by atoms with van der Waals surface area (Å²) in [4.78, 5) is 25.9. The SMILES string of the molecule is CCCCN(CC)c1nc(C)nc2c1NC(=O)CN2c1ccc(C#N)cc1C. The van der Waals surface area contributed by atoms with Crippen LogP contribution in [0.15, 0.2) is 18.2 Å². The number of rotatable bonds is 6. The van der Waals surface area contributed by atoms with Crippen molar-refractivity contribution in [3.63, 3.8) is 0 Å². The molecule has 1 aromatic carbocycles. The number of hydrogen-bond donors (Lipinski definition) is 1. The van der Waals surface area contributed by atoms with Crippen molar-refractivity contribution in [3.05, 3.63) is 35.2 Å². The monoisotopic (exact) mass is 378 g/mol. The maximum absolute atomic E-state index is 12.5. The average molecular weight is 378 g/mol. The van der Waals surface area contributed by atoms with Crippen LogP contribution in [0.1, 0.15) is 43.6 Å². The minimum Gasteiger partial charge on any atom is -0.355 e. The predicted octanol–water partition coefficient (Wildman–Crippen LogP) is 3.68. The highest BCUT2D eigenvalue weighted by Crippen LogP contribution is 2.40. The molecule has 1 aromatic heterocycles. The maximum atomic E-state index is 12.5. The zero-order valence-electron chi connectivity index (χ0n) is 16.9. The van der Waals surface area contributed by atoms with E-state index in [1.54, 1.807) is 6.07 Å². The van der Waals surface area contributed by atoms with Crippen LogP contribution in [0, 0.1) is 25.2 Å². The van der Waals surface area contributed by atoms with Gasteiger partial charge in [-0.3, -0.25) is 4.79 Å². The Balaban J connectivity index is 2.13. The first-order chi connectivity index (χ1) is 13.5. The quantitative estimate of drug-likeness (QED) is 0.825. The molecule has 2 aromatic rings. The Bertz CT molecular complexity index is 933. The Labute approximate surface area is 166 Å². The van der Waals surface area contributed by atoms with E-state index < -0.39 is 0 Å². The van der Waals surface area contributed by atoms with Gasteiger partial charge >= 0.3 is 0 Å². The van der Waals surface area contributed by atoms with Crippen molar-refractivity contribution in [3.8, 4) is 6.07 Å². The van der Waals surface area contributed by atoms with Crippen LogP contribution in [-0.2, 0) is 4.79 Å². The van der Waals surface area contributed by atoms with Crippen molar-refractivity contribution in [1.29, 1.82) is 5.26 Å². The number of carbonyl (C=O) groups excluding carboxylic acids is 1. The third-order valence-electron chi connectivity index (χ3n) is 4.88. The molecule has 7 heteroatoms. The van der Waals surface area contributed by atoms with Crippen LogP contribution in [0.3, 0.4) is 0 Å². The lowest BCUT2D eigenvalue weighted by molar-refractivity contribution is -0.115. The van der Waals surface area contributed by atoms with Crippen LogP contribution < -0.4 is 15.1 Å². The molecule has 0 spiro atoms. The summed E-state index contributed by atoms with van der Waals surface area (Å²) in [7, 11) is 0. The summed E-state index contributed by atoms with van der Waals surface area (Å²) < 4.78 is 0. The number of amides is 1. The molecule has 2 heterocycles. The van der Waals surface area contributed by atoms with Crippen molar-refractivity contribution in [2.75, 3.05) is 34.8 Å². The molecule has 0 radical (unpaired) electrons. The molecule has 7 nitrogen and oxygen atoms in total. The van der Waals surface area contributed by atoms with Crippen LogP contribution in [0.25, 0.3) is 0 Å². The molecule has 0 bridgehead atoms. The molecular formula is C21H26N6O. The molecule has 1 amide bonds. The number of aryl methyl sites for hydroxylation is 2. The average Bonchev–Trinajstić information content (AvgIpc) is 2.68. The van der Waals surface area contributed by atoms with Crippen molar-refractivity contribution < 1.29 is 4.79 Å². The molecule has 3 rings (SSSR count). The first-order valence-corrected chi connectivity index (χ1v) is 9.70. The summed E-state index contributed by atoms with van der Waals surface area (Å²) in [6.07, 6.45) is 2.14. The molecular weight excluding hydrogens is 352 g/mol. The molecule has 0 saturated heterocycles. The number of nitriles is 1. The fourth-order valence-electron chi connectivity index (χ4n) is 3.47. The van der Waals surface area contributed by atoms with Gasteiger partial charge in [0.15, 0.2) is 11.6 Å². The normalized spacial score (nSPS) is 13.0. The fourth-order valence-corrected chi connectivity index (χ4v) is 3.47. The summed E-state index contributed by atoms with van der Waals surface area (Å²) in [5, 5.41) is 12.1. The summed E-state index contributed by atoms with van der Waals surface area (Å²) >= 11 is 0. The van der Waals surface area contributed by atoms with E-state index in [4.69, 9.17) is 5.26 Å². The van der Waals surface area contributed by atoms with Gasteiger partial charge in [-0.05, 0) is 51.0 Å². The molecule has 0 aliphatic carbocycles. The smallest absolute Gasteiger partial charge is 0.244 e. The van der Waals surface area contributed by atoms with E-state index in [0.717, 1.165) is 43.0 Å². The molecule has 0 unspecified atom stereocenters. The van der Waals surface area contributed by atoms with Gasteiger partial charge in [-0.25, -0.2) is 9.97 Å². The molecule has 1 aliphatic rings. The standard InChI is InChI=1S/C21H26N6O/c1-5-7-10-26(6-2)20-19-21(24-15(4)23-20)27(13-18(28)25-19)17-9-8-16(12-22)11-14(17)3/h8-9,11H,5-7,10,13H2,1-4H3,(H,25,28). The van der Waals surface area contributed by atoms with Gasteiger partial charge in [-0.1, -0.05) is 13.3 Å². The van der Waals surface area contributed by atoms with Gasteiger partial charge in [0.05, 0.1) is 11.6 Å². The molecule has 0 saturated carbocycles. The topological polar surface area (TPSA) is 85.2 Å². The van der Waals surface area contributed by atoms with E-state index in [2.05, 4.69) is 40.1 Å². The largest absolute Gasteiger partial charge is 0.355 e. The second-order valence-corrected chi connectivity index (χ2v) is 6.97. The van der Waals surface area contributed by atoms with Gasteiger partial charge in [0, 0.05) is 18.8 Å². The van der Waals surface area contributed by atoms with E-state index in [9.17, 15) is 4.79 Å². The van der Waals surface area contributed by atoms with Gasteiger partial charge < -0.3 is 15.1 Å². The molecule has 146 valence electrons. The van der Waals surface area contributed by atoms with E-state index in [1.807, 2.05) is 30.9 Å². The lowest BCUT2D eigenvalue weighted by atomic mass is 10.1. The van der Waals surface area contributed by atoms with Crippen molar-refractivity contribution in [2.24, 2.45) is 0 Å². The first kappa shape index (κ1) is 19.6. The number of anilines is 4.